The first-order valence-corrected chi connectivity index (χ1v) is 6.54. The van der Waals surface area contributed by atoms with Crippen LogP contribution in [-0.2, 0) is 9.53 Å². The molecule has 0 radical (unpaired) electrons. The number of ether oxygens (including phenoxy) is 1. The van der Waals surface area contributed by atoms with E-state index in [9.17, 15) is 4.79 Å². The Hall–Kier alpha value is -0.530. The van der Waals surface area contributed by atoms with Crippen LogP contribution in [0.3, 0.4) is 0 Å². The summed E-state index contributed by atoms with van der Waals surface area (Å²) in [4.78, 5) is 11.0. The van der Waals surface area contributed by atoms with Crippen molar-refractivity contribution >= 4 is 5.97 Å². The summed E-state index contributed by atoms with van der Waals surface area (Å²) in [5, 5.41) is 0. The molecule has 0 aromatic carbocycles. The quantitative estimate of drug-likeness (QED) is 0.684. The summed E-state index contributed by atoms with van der Waals surface area (Å²) in [6, 6.07) is 0. The molecule has 2 heteroatoms. The highest BCUT2D eigenvalue weighted by molar-refractivity contribution is 5.66. The molecule has 1 rings (SSSR count). The summed E-state index contributed by atoms with van der Waals surface area (Å²) in [5.74, 6) is 1.15. The maximum Gasteiger partial charge on any atom is 0.302 e. The Balaban J connectivity index is 2.54. The van der Waals surface area contributed by atoms with Gasteiger partial charge in [0.05, 0.1) is 0 Å². The molecule has 1 fully saturated rings. The first-order valence-electron chi connectivity index (χ1n) is 6.54. The van der Waals surface area contributed by atoms with Crippen molar-refractivity contribution in [3.8, 4) is 0 Å². The number of esters is 1. The molecule has 0 aromatic rings. The molecular formula is C14H26O2. The molecule has 2 nitrogen and oxygen atoms in total. The predicted octanol–water partition coefficient (Wildman–Crippen LogP) is 3.79. The van der Waals surface area contributed by atoms with Crippen molar-refractivity contribution in [1.82, 2.24) is 0 Å². The first kappa shape index (κ1) is 13.5. The molecule has 94 valence electrons. The summed E-state index contributed by atoms with van der Waals surface area (Å²) in [7, 11) is 0. The monoisotopic (exact) mass is 226 g/mol. The van der Waals surface area contributed by atoms with E-state index in [-0.39, 0.29) is 12.1 Å². The lowest BCUT2D eigenvalue weighted by atomic mass is 9.66. The molecule has 0 spiro atoms. The van der Waals surface area contributed by atoms with Crippen molar-refractivity contribution in [3.63, 3.8) is 0 Å². The van der Waals surface area contributed by atoms with Crippen LogP contribution < -0.4 is 0 Å². The van der Waals surface area contributed by atoms with Gasteiger partial charge >= 0.3 is 5.97 Å². The molecule has 1 saturated carbocycles. The Labute approximate surface area is 99.8 Å². The minimum Gasteiger partial charge on any atom is -0.462 e. The lowest BCUT2D eigenvalue weighted by Crippen LogP contribution is -2.36. The highest BCUT2D eigenvalue weighted by Crippen LogP contribution is 2.43. The minimum atomic E-state index is -0.134. The zero-order valence-corrected chi connectivity index (χ0v) is 11.4. The van der Waals surface area contributed by atoms with E-state index >= 15 is 0 Å². The van der Waals surface area contributed by atoms with Gasteiger partial charge in [-0.15, -0.1) is 0 Å². The van der Waals surface area contributed by atoms with E-state index in [2.05, 4.69) is 27.7 Å². The molecule has 3 atom stereocenters. The van der Waals surface area contributed by atoms with Crippen molar-refractivity contribution in [2.75, 3.05) is 0 Å². The number of rotatable bonds is 3. The third kappa shape index (κ3) is 3.23. The Morgan fingerprint density at radius 1 is 1.38 bits per heavy atom. The average molecular weight is 226 g/mol. The van der Waals surface area contributed by atoms with Gasteiger partial charge in [-0.05, 0) is 36.5 Å². The van der Waals surface area contributed by atoms with Crippen LogP contribution in [0.4, 0.5) is 0 Å². The Bertz CT molecular complexity index is 245. The largest absolute Gasteiger partial charge is 0.462 e. The van der Waals surface area contributed by atoms with E-state index in [0.29, 0.717) is 11.3 Å². The maximum atomic E-state index is 11.0. The maximum absolute atomic E-state index is 11.0. The van der Waals surface area contributed by atoms with Crippen LogP contribution in [0.15, 0.2) is 0 Å². The molecule has 0 heterocycles. The number of hydrogen-bond donors (Lipinski definition) is 0. The zero-order valence-electron chi connectivity index (χ0n) is 11.4. The van der Waals surface area contributed by atoms with E-state index < -0.39 is 0 Å². The second kappa shape index (κ2) is 5.20. The van der Waals surface area contributed by atoms with Gasteiger partial charge < -0.3 is 4.74 Å². The normalized spacial score (nSPS) is 31.2. The van der Waals surface area contributed by atoms with Crippen molar-refractivity contribution < 1.29 is 9.53 Å². The molecule has 0 amide bonds. The topological polar surface area (TPSA) is 26.3 Å². The van der Waals surface area contributed by atoms with Crippen LogP contribution >= 0.6 is 0 Å². The smallest absolute Gasteiger partial charge is 0.302 e. The van der Waals surface area contributed by atoms with Crippen LogP contribution in [0.1, 0.15) is 60.3 Å². The summed E-state index contributed by atoms with van der Waals surface area (Å²) < 4.78 is 5.36. The highest BCUT2D eigenvalue weighted by atomic mass is 16.5. The summed E-state index contributed by atoms with van der Waals surface area (Å²) >= 11 is 0. The van der Waals surface area contributed by atoms with E-state index in [1.165, 1.54) is 26.2 Å². The van der Waals surface area contributed by atoms with Gasteiger partial charge in [0.1, 0.15) is 6.10 Å². The lowest BCUT2D eigenvalue weighted by Gasteiger charge is -2.41. The van der Waals surface area contributed by atoms with Gasteiger partial charge in [-0.1, -0.05) is 34.1 Å². The molecule has 1 aliphatic rings. The fourth-order valence-corrected chi connectivity index (χ4v) is 2.76. The third-order valence-corrected chi connectivity index (χ3v) is 4.42. The summed E-state index contributed by atoms with van der Waals surface area (Å²) in [6.45, 7) is 10.7. The van der Waals surface area contributed by atoms with E-state index in [1.807, 2.05) is 0 Å². The van der Waals surface area contributed by atoms with E-state index in [1.54, 1.807) is 0 Å². The molecule has 0 N–H and O–H groups in total. The summed E-state index contributed by atoms with van der Waals surface area (Å²) in [6.07, 6.45) is 4.81. The number of hydrogen-bond acceptors (Lipinski definition) is 2. The van der Waals surface area contributed by atoms with Crippen LogP contribution in [-0.4, -0.2) is 12.1 Å². The standard InChI is InChI=1S/C14H26O2/c1-6-14(4,5)12-7-8-13(10(2)9-12)16-11(3)15/h10,12-13H,6-9H2,1-5H3. The van der Waals surface area contributed by atoms with Crippen molar-refractivity contribution in [1.29, 1.82) is 0 Å². The molecule has 16 heavy (non-hydrogen) atoms. The van der Waals surface area contributed by atoms with Gasteiger partial charge in [-0.25, -0.2) is 0 Å². The second-order valence-electron chi connectivity index (χ2n) is 5.98. The van der Waals surface area contributed by atoms with Crippen LogP contribution in [0.2, 0.25) is 0 Å². The number of carbonyl (C=O) groups excluding carboxylic acids is 1. The summed E-state index contributed by atoms with van der Waals surface area (Å²) in [5.41, 5.74) is 0.426. The van der Waals surface area contributed by atoms with Crippen molar-refractivity contribution in [2.24, 2.45) is 17.3 Å². The predicted molar refractivity (Wildman–Crippen MR) is 66.1 cm³/mol. The molecule has 0 aromatic heterocycles. The third-order valence-electron chi connectivity index (χ3n) is 4.42. The Morgan fingerprint density at radius 3 is 2.44 bits per heavy atom. The molecule has 0 aliphatic heterocycles. The molecule has 0 saturated heterocycles. The lowest BCUT2D eigenvalue weighted by molar-refractivity contribution is -0.151. The van der Waals surface area contributed by atoms with Gasteiger partial charge in [-0.2, -0.15) is 0 Å². The van der Waals surface area contributed by atoms with Crippen LogP contribution in [0.5, 0.6) is 0 Å². The fraction of sp³-hybridized carbons (Fsp3) is 0.929. The highest BCUT2D eigenvalue weighted by Gasteiger charge is 2.36. The van der Waals surface area contributed by atoms with Gasteiger partial charge in [0.15, 0.2) is 0 Å². The average Bonchev–Trinajstić information content (AvgIpc) is 2.20. The Kier molecular flexibility index (Phi) is 4.40. The SMILES string of the molecule is CCC(C)(C)C1CCC(OC(C)=O)C(C)C1. The van der Waals surface area contributed by atoms with Gasteiger partial charge in [0.25, 0.3) is 0 Å². The Morgan fingerprint density at radius 2 is 2.00 bits per heavy atom. The van der Waals surface area contributed by atoms with Crippen molar-refractivity contribution in [3.05, 3.63) is 0 Å². The minimum absolute atomic E-state index is 0.134. The van der Waals surface area contributed by atoms with Gasteiger partial charge in [-0.3, -0.25) is 4.79 Å². The van der Waals surface area contributed by atoms with Gasteiger partial charge in [0.2, 0.25) is 0 Å². The van der Waals surface area contributed by atoms with Gasteiger partial charge in [0, 0.05) is 6.92 Å². The van der Waals surface area contributed by atoms with Crippen LogP contribution in [0, 0.1) is 17.3 Å². The molecular weight excluding hydrogens is 200 g/mol. The molecule has 1 aliphatic carbocycles. The zero-order chi connectivity index (χ0) is 12.3. The molecule has 3 unspecified atom stereocenters. The molecule has 0 bridgehead atoms. The first-order chi connectivity index (χ1) is 7.36. The van der Waals surface area contributed by atoms with Crippen molar-refractivity contribution in [2.45, 2.75) is 66.4 Å². The van der Waals surface area contributed by atoms with Crippen LogP contribution in [0.25, 0.3) is 0 Å². The second-order valence-corrected chi connectivity index (χ2v) is 5.98. The fourth-order valence-electron chi connectivity index (χ4n) is 2.76. The number of carbonyl (C=O) groups is 1. The van der Waals surface area contributed by atoms with E-state index in [4.69, 9.17) is 4.74 Å². The van der Waals surface area contributed by atoms with E-state index in [0.717, 1.165) is 12.3 Å².